The molecule has 4 rings (SSSR count). The van der Waals surface area contributed by atoms with Crippen molar-refractivity contribution in [2.75, 3.05) is 13.1 Å². The number of aromatic nitrogens is 2. The van der Waals surface area contributed by atoms with Crippen LogP contribution in [0.3, 0.4) is 0 Å². The van der Waals surface area contributed by atoms with Gasteiger partial charge in [-0.25, -0.2) is 0 Å². The van der Waals surface area contributed by atoms with Gasteiger partial charge in [0, 0.05) is 25.4 Å². The minimum Gasteiger partial charge on any atom is -0.459 e. The van der Waals surface area contributed by atoms with Crippen molar-refractivity contribution in [3.8, 4) is 11.7 Å². The fraction of sp³-hybridized carbons (Fsp3) is 0.350. The van der Waals surface area contributed by atoms with Crippen LogP contribution in [0.4, 0.5) is 0 Å². The first-order valence-corrected chi connectivity index (χ1v) is 8.98. The molecule has 1 aromatic carbocycles. The lowest BCUT2D eigenvalue weighted by Gasteiger charge is -2.30. The first-order valence-electron chi connectivity index (χ1n) is 8.98. The van der Waals surface area contributed by atoms with E-state index in [1.54, 1.807) is 18.4 Å². The third-order valence-corrected chi connectivity index (χ3v) is 4.84. The minimum absolute atomic E-state index is 0.199. The Hall–Kier alpha value is -2.89. The van der Waals surface area contributed by atoms with Crippen LogP contribution in [-0.4, -0.2) is 34.1 Å². The predicted molar refractivity (Wildman–Crippen MR) is 95.3 cm³/mol. The van der Waals surface area contributed by atoms with E-state index in [-0.39, 0.29) is 11.8 Å². The van der Waals surface area contributed by atoms with E-state index in [0.717, 1.165) is 32.4 Å². The van der Waals surface area contributed by atoms with E-state index >= 15 is 0 Å². The van der Waals surface area contributed by atoms with Gasteiger partial charge in [-0.05, 0) is 37.0 Å². The van der Waals surface area contributed by atoms with E-state index in [0.29, 0.717) is 24.0 Å². The Morgan fingerprint density at radius 2 is 1.88 bits per heavy atom. The van der Waals surface area contributed by atoms with Gasteiger partial charge in [-0.1, -0.05) is 30.3 Å². The Labute approximate surface area is 151 Å². The molecule has 0 spiro atoms. The van der Waals surface area contributed by atoms with E-state index in [4.69, 9.17) is 8.83 Å². The number of hydrogen-bond acceptors (Lipinski definition) is 5. The van der Waals surface area contributed by atoms with Crippen LogP contribution in [0.25, 0.3) is 11.7 Å². The van der Waals surface area contributed by atoms with E-state index in [2.05, 4.69) is 22.3 Å². The maximum Gasteiger partial charge on any atom is 0.283 e. The zero-order chi connectivity index (χ0) is 17.8. The summed E-state index contributed by atoms with van der Waals surface area (Å²) in [7, 11) is 0. The molecule has 1 amide bonds. The fourth-order valence-corrected chi connectivity index (χ4v) is 3.33. The Bertz CT molecular complexity index is 834. The van der Waals surface area contributed by atoms with Gasteiger partial charge >= 0.3 is 0 Å². The Morgan fingerprint density at radius 3 is 2.62 bits per heavy atom. The smallest absolute Gasteiger partial charge is 0.283 e. The molecule has 2 aromatic heterocycles. The zero-order valence-corrected chi connectivity index (χ0v) is 14.5. The maximum atomic E-state index is 12.4. The summed E-state index contributed by atoms with van der Waals surface area (Å²) in [5.41, 5.74) is 1.20. The van der Waals surface area contributed by atoms with Crippen LogP contribution in [0.5, 0.6) is 0 Å². The van der Waals surface area contributed by atoms with Crippen molar-refractivity contribution in [1.82, 2.24) is 15.1 Å². The van der Waals surface area contributed by atoms with E-state index < -0.39 is 0 Å². The lowest BCUT2D eigenvalue weighted by molar-refractivity contribution is -0.132. The van der Waals surface area contributed by atoms with Crippen molar-refractivity contribution in [2.45, 2.75) is 31.6 Å². The highest BCUT2D eigenvalue weighted by atomic mass is 16.4. The Balaban J connectivity index is 1.29. The number of likely N-dealkylation sites (tertiary alicyclic amines) is 1. The lowest BCUT2D eigenvalue weighted by atomic mass is 9.96. The molecule has 3 heterocycles. The molecule has 0 radical (unpaired) electrons. The quantitative estimate of drug-likeness (QED) is 0.701. The number of furan rings is 1. The SMILES string of the molecule is O=C(CCc1ccccc1)N1CCC(c2nnc(-c3ccco3)o2)CC1. The number of piperidine rings is 1. The molecule has 26 heavy (non-hydrogen) atoms. The molecule has 0 bridgehead atoms. The van der Waals surface area contributed by atoms with Gasteiger partial charge in [-0.2, -0.15) is 0 Å². The second-order valence-electron chi connectivity index (χ2n) is 6.56. The van der Waals surface area contributed by atoms with Crippen molar-refractivity contribution < 1.29 is 13.6 Å². The Morgan fingerprint density at radius 1 is 1.08 bits per heavy atom. The molecule has 0 atom stereocenters. The summed E-state index contributed by atoms with van der Waals surface area (Å²) in [5, 5.41) is 8.22. The number of hydrogen-bond donors (Lipinski definition) is 0. The molecule has 0 saturated carbocycles. The van der Waals surface area contributed by atoms with Gasteiger partial charge in [-0.3, -0.25) is 4.79 Å². The molecular formula is C20H21N3O3. The summed E-state index contributed by atoms with van der Waals surface area (Å²) in [4.78, 5) is 14.4. The normalized spacial score (nSPS) is 15.3. The van der Waals surface area contributed by atoms with Gasteiger partial charge in [0.05, 0.1) is 6.26 Å². The molecule has 0 unspecified atom stereocenters. The third kappa shape index (κ3) is 3.69. The monoisotopic (exact) mass is 351 g/mol. The number of rotatable bonds is 5. The molecule has 1 aliphatic rings. The summed E-state index contributed by atoms with van der Waals surface area (Å²) in [6.07, 6.45) is 4.61. The highest BCUT2D eigenvalue weighted by molar-refractivity contribution is 5.76. The largest absolute Gasteiger partial charge is 0.459 e. The average molecular weight is 351 g/mol. The third-order valence-electron chi connectivity index (χ3n) is 4.84. The van der Waals surface area contributed by atoms with Crippen molar-refractivity contribution in [3.05, 3.63) is 60.2 Å². The Kier molecular flexibility index (Phi) is 4.82. The summed E-state index contributed by atoms with van der Waals surface area (Å²) >= 11 is 0. The second-order valence-corrected chi connectivity index (χ2v) is 6.56. The van der Waals surface area contributed by atoms with Crippen LogP contribution < -0.4 is 0 Å². The highest BCUT2D eigenvalue weighted by Gasteiger charge is 2.27. The van der Waals surface area contributed by atoms with E-state index in [1.807, 2.05) is 23.1 Å². The van der Waals surface area contributed by atoms with Crippen molar-refractivity contribution in [3.63, 3.8) is 0 Å². The molecule has 0 N–H and O–H groups in total. The van der Waals surface area contributed by atoms with Crippen LogP contribution in [0, 0.1) is 0 Å². The van der Waals surface area contributed by atoms with Gasteiger partial charge in [-0.15, -0.1) is 10.2 Å². The standard InChI is InChI=1S/C20H21N3O3/c24-18(9-8-15-5-2-1-3-6-15)23-12-10-16(11-13-23)19-21-22-20(26-19)17-7-4-14-25-17/h1-7,14,16H,8-13H2. The summed E-state index contributed by atoms with van der Waals surface area (Å²) in [5.74, 6) is 2.04. The van der Waals surface area contributed by atoms with Gasteiger partial charge in [0.1, 0.15) is 0 Å². The van der Waals surface area contributed by atoms with Crippen molar-refractivity contribution in [1.29, 1.82) is 0 Å². The number of benzene rings is 1. The topological polar surface area (TPSA) is 72.4 Å². The minimum atomic E-state index is 0.199. The average Bonchev–Trinajstić information content (AvgIpc) is 3.38. The van der Waals surface area contributed by atoms with E-state index in [9.17, 15) is 4.79 Å². The number of aryl methyl sites for hydroxylation is 1. The van der Waals surface area contributed by atoms with Crippen LogP contribution in [-0.2, 0) is 11.2 Å². The molecule has 6 heteroatoms. The van der Waals surface area contributed by atoms with Crippen molar-refractivity contribution >= 4 is 5.91 Å². The zero-order valence-electron chi connectivity index (χ0n) is 14.5. The van der Waals surface area contributed by atoms with Gasteiger partial charge < -0.3 is 13.7 Å². The number of nitrogens with zero attached hydrogens (tertiary/aromatic N) is 3. The summed E-state index contributed by atoms with van der Waals surface area (Å²) in [6.45, 7) is 1.47. The summed E-state index contributed by atoms with van der Waals surface area (Å²) < 4.78 is 11.0. The van der Waals surface area contributed by atoms with Crippen LogP contribution >= 0.6 is 0 Å². The maximum absolute atomic E-state index is 12.4. The molecular weight excluding hydrogens is 330 g/mol. The van der Waals surface area contributed by atoms with Gasteiger partial charge in [0.2, 0.25) is 11.8 Å². The number of amides is 1. The lowest BCUT2D eigenvalue weighted by Crippen LogP contribution is -2.38. The van der Waals surface area contributed by atoms with E-state index in [1.165, 1.54) is 5.56 Å². The van der Waals surface area contributed by atoms with Crippen LogP contribution in [0.1, 0.15) is 36.6 Å². The molecule has 1 saturated heterocycles. The van der Waals surface area contributed by atoms with Gasteiger partial charge in [0.25, 0.3) is 5.89 Å². The number of carbonyl (C=O) groups excluding carboxylic acids is 1. The molecule has 0 aliphatic carbocycles. The number of carbonyl (C=O) groups is 1. The van der Waals surface area contributed by atoms with Gasteiger partial charge in [0.15, 0.2) is 5.76 Å². The van der Waals surface area contributed by atoms with Crippen LogP contribution in [0.15, 0.2) is 57.6 Å². The molecule has 3 aromatic rings. The molecule has 1 fully saturated rings. The summed E-state index contributed by atoms with van der Waals surface area (Å²) in [6, 6.07) is 13.7. The predicted octanol–water partition coefficient (Wildman–Crippen LogP) is 3.67. The van der Waals surface area contributed by atoms with Crippen molar-refractivity contribution in [2.24, 2.45) is 0 Å². The highest BCUT2D eigenvalue weighted by Crippen LogP contribution is 2.29. The second kappa shape index (κ2) is 7.56. The molecule has 6 nitrogen and oxygen atoms in total. The fourth-order valence-electron chi connectivity index (χ4n) is 3.33. The molecule has 134 valence electrons. The first-order chi connectivity index (χ1) is 12.8. The first kappa shape index (κ1) is 16.6. The molecule has 1 aliphatic heterocycles. The van der Waals surface area contributed by atoms with Crippen LogP contribution in [0.2, 0.25) is 0 Å².